The lowest BCUT2D eigenvalue weighted by atomic mass is 9.36. The Labute approximate surface area is 221 Å². The Morgan fingerprint density at radius 2 is 1.78 bits per heavy atom. The first-order chi connectivity index (χ1) is 17.2. The van der Waals surface area contributed by atoms with E-state index in [1.165, 1.54) is 6.92 Å². The number of aliphatic hydroxyl groups excluding tert-OH is 1. The van der Waals surface area contributed by atoms with Gasteiger partial charge in [-0.3, -0.25) is 9.59 Å². The van der Waals surface area contributed by atoms with Crippen molar-refractivity contribution in [2.45, 2.75) is 112 Å². The van der Waals surface area contributed by atoms with Crippen LogP contribution in [0, 0.1) is 39.9 Å². The van der Waals surface area contributed by atoms with Gasteiger partial charge in [-0.25, -0.2) is 4.79 Å². The van der Waals surface area contributed by atoms with Crippen LogP contribution in [0.2, 0.25) is 0 Å². The number of aliphatic hydroxyl groups is 1. The molecule has 6 nitrogen and oxygen atoms in total. The minimum Gasteiger partial charge on any atom is -0.478 e. The van der Waals surface area contributed by atoms with Crippen molar-refractivity contribution in [3.05, 3.63) is 22.8 Å². The maximum absolute atomic E-state index is 12.6. The van der Waals surface area contributed by atoms with Crippen molar-refractivity contribution >= 4 is 17.7 Å². The number of carbonyl (C=O) groups excluding carboxylic acids is 2. The van der Waals surface area contributed by atoms with Gasteiger partial charge in [0, 0.05) is 24.8 Å². The number of ketones is 1. The summed E-state index contributed by atoms with van der Waals surface area (Å²) in [5, 5.41) is 22.2. The van der Waals surface area contributed by atoms with Crippen molar-refractivity contribution in [1.29, 1.82) is 0 Å². The number of aliphatic carboxylic acids is 1. The van der Waals surface area contributed by atoms with Crippen LogP contribution in [0.15, 0.2) is 22.8 Å². The predicted molar refractivity (Wildman–Crippen MR) is 142 cm³/mol. The zero-order chi connectivity index (χ0) is 27.5. The summed E-state index contributed by atoms with van der Waals surface area (Å²) < 4.78 is 5.86. The molecule has 0 spiro atoms. The molecule has 0 saturated heterocycles. The van der Waals surface area contributed by atoms with Crippen molar-refractivity contribution < 1.29 is 29.3 Å². The van der Waals surface area contributed by atoms with E-state index in [9.17, 15) is 24.6 Å². The van der Waals surface area contributed by atoms with Gasteiger partial charge >= 0.3 is 11.9 Å². The normalized spacial score (nSPS) is 44.3. The highest BCUT2D eigenvalue weighted by molar-refractivity contribution is 5.88. The average Bonchev–Trinajstić information content (AvgIpc) is 3.05. The number of fused-ring (bicyclic) bond motifs is 5. The molecule has 0 unspecified atom stereocenters. The highest BCUT2D eigenvalue weighted by Gasteiger charge is 2.70. The van der Waals surface area contributed by atoms with Gasteiger partial charge in [-0.1, -0.05) is 39.3 Å². The van der Waals surface area contributed by atoms with Crippen molar-refractivity contribution in [3.63, 3.8) is 0 Å². The summed E-state index contributed by atoms with van der Waals surface area (Å²) in [7, 11) is 0. The Balaban J connectivity index is 1.83. The SMILES string of the molecule is CC(=O)O[C@H]1C[C@@]2(C)[C@@H](C[C@@H](O)[C@H]3[C@@]4(C)CCC(=O)[C@@H](C)[C@@H]4CC[C@@]32C)/C1=C(\CCC=C(C)C)C(=O)O. The van der Waals surface area contributed by atoms with Crippen LogP contribution in [0.3, 0.4) is 0 Å². The summed E-state index contributed by atoms with van der Waals surface area (Å²) in [6, 6.07) is 0. The molecule has 0 radical (unpaired) electrons. The van der Waals surface area contributed by atoms with Gasteiger partial charge in [0.05, 0.1) is 6.10 Å². The molecular formula is C31H46O6. The summed E-state index contributed by atoms with van der Waals surface area (Å²) in [5.41, 5.74) is 1.42. The maximum atomic E-state index is 12.6. The zero-order valence-electron chi connectivity index (χ0n) is 23.7. The third-order valence-corrected chi connectivity index (χ3v) is 11.4. The quantitative estimate of drug-likeness (QED) is 0.270. The van der Waals surface area contributed by atoms with E-state index in [-0.39, 0.29) is 39.9 Å². The van der Waals surface area contributed by atoms with Gasteiger partial charge in [-0.05, 0) is 98.4 Å². The molecule has 0 aromatic heterocycles. The maximum Gasteiger partial charge on any atom is 0.331 e. The van der Waals surface area contributed by atoms with Crippen LogP contribution < -0.4 is 0 Å². The fourth-order valence-electron chi connectivity index (χ4n) is 9.60. The third-order valence-electron chi connectivity index (χ3n) is 11.4. The Morgan fingerprint density at radius 1 is 1.11 bits per heavy atom. The van der Waals surface area contributed by atoms with Crippen molar-refractivity contribution in [2.24, 2.45) is 39.9 Å². The highest BCUT2D eigenvalue weighted by Crippen LogP contribution is 2.74. The first-order valence-corrected chi connectivity index (χ1v) is 14.1. The molecule has 4 aliphatic rings. The van der Waals surface area contributed by atoms with E-state index in [4.69, 9.17) is 4.74 Å². The largest absolute Gasteiger partial charge is 0.478 e. The lowest BCUT2D eigenvalue weighted by Gasteiger charge is -2.68. The van der Waals surface area contributed by atoms with Gasteiger partial charge in [-0.15, -0.1) is 0 Å². The van der Waals surface area contributed by atoms with Crippen LogP contribution in [0.25, 0.3) is 0 Å². The summed E-state index contributed by atoms with van der Waals surface area (Å²) in [6.07, 6.45) is 6.01. The fourth-order valence-corrected chi connectivity index (χ4v) is 9.60. The summed E-state index contributed by atoms with van der Waals surface area (Å²) in [6.45, 7) is 14.3. The number of hydrogen-bond acceptors (Lipinski definition) is 5. The molecule has 0 amide bonds. The van der Waals surface area contributed by atoms with Gasteiger partial charge in [0.1, 0.15) is 11.9 Å². The average molecular weight is 515 g/mol. The van der Waals surface area contributed by atoms with Crippen LogP contribution in [0.4, 0.5) is 0 Å². The first-order valence-electron chi connectivity index (χ1n) is 14.1. The van der Waals surface area contributed by atoms with Gasteiger partial charge in [0.2, 0.25) is 0 Å². The molecule has 0 aliphatic heterocycles. The molecule has 206 valence electrons. The summed E-state index contributed by atoms with van der Waals surface area (Å²) >= 11 is 0. The van der Waals surface area contributed by atoms with E-state index >= 15 is 0 Å². The predicted octanol–water partition coefficient (Wildman–Crippen LogP) is 5.87. The van der Waals surface area contributed by atoms with Crippen molar-refractivity contribution in [1.82, 2.24) is 0 Å². The molecular weight excluding hydrogens is 468 g/mol. The Bertz CT molecular complexity index is 1040. The van der Waals surface area contributed by atoms with Crippen LogP contribution in [0.1, 0.15) is 99.8 Å². The molecule has 0 aromatic rings. The van der Waals surface area contributed by atoms with E-state index in [1.807, 2.05) is 19.9 Å². The van der Waals surface area contributed by atoms with Crippen LogP contribution in [-0.4, -0.2) is 40.1 Å². The number of carbonyl (C=O) groups is 3. The zero-order valence-corrected chi connectivity index (χ0v) is 23.7. The molecule has 4 aliphatic carbocycles. The van der Waals surface area contributed by atoms with Gasteiger partial charge in [0.25, 0.3) is 0 Å². The fraction of sp³-hybridized carbons (Fsp3) is 0.774. The monoisotopic (exact) mass is 514 g/mol. The summed E-state index contributed by atoms with van der Waals surface area (Å²) in [5.74, 6) is -0.945. The molecule has 6 heteroatoms. The number of esters is 1. The number of Topliss-reactive ketones (excluding diaryl/α,β-unsaturated/α-hetero) is 1. The molecule has 0 bridgehead atoms. The van der Waals surface area contributed by atoms with Gasteiger partial charge in [0.15, 0.2) is 0 Å². The van der Waals surface area contributed by atoms with E-state index in [0.29, 0.717) is 49.0 Å². The smallest absolute Gasteiger partial charge is 0.331 e. The number of ether oxygens (including phenoxy) is 1. The van der Waals surface area contributed by atoms with Crippen molar-refractivity contribution in [3.8, 4) is 0 Å². The molecule has 0 heterocycles. The van der Waals surface area contributed by atoms with E-state index in [1.54, 1.807) is 0 Å². The van der Waals surface area contributed by atoms with Crippen molar-refractivity contribution in [2.75, 3.05) is 0 Å². The highest BCUT2D eigenvalue weighted by atomic mass is 16.5. The second kappa shape index (κ2) is 9.66. The van der Waals surface area contributed by atoms with Crippen LogP contribution in [0.5, 0.6) is 0 Å². The van der Waals surface area contributed by atoms with Gasteiger partial charge < -0.3 is 14.9 Å². The van der Waals surface area contributed by atoms with Crippen LogP contribution >= 0.6 is 0 Å². The Kier molecular flexibility index (Phi) is 7.33. The molecule has 4 fully saturated rings. The standard InChI is InChI=1S/C31H46O6/c1-17(2)9-8-10-20(28(35)36)26-22-15-24(34)27-29(5)13-12-23(33)18(3)21(29)11-14-30(27,6)31(22,7)16-25(26)37-19(4)32/h9,18,21-22,24-25,27,34H,8,10-16H2,1-7H3,(H,35,36)/b26-20-/t18-,21-,22-,24+,25-,27-,29-,30-,31-/m0/s1. The Hall–Kier alpha value is -1.95. The Morgan fingerprint density at radius 3 is 2.38 bits per heavy atom. The lowest BCUT2D eigenvalue weighted by Crippen LogP contribution is -2.65. The lowest BCUT2D eigenvalue weighted by molar-refractivity contribution is -0.223. The number of rotatable bonds is 5. The molecule has 9 atom stereocenters. The molecule has 2 N–H and O–H groups in total. The minimum atomic E-state index is -0.962. The third kappa shape index (κ3) is 4.31. The molecule has 0 aromatic carbocycles. The van der Waals surface area contributed by atoms with E-state index in [2.05, 4.69) is 27.7 Å². The second-order valence-electron chi connectivity index (χ2n) is 13.4. The first kappa shape index (κ1) is 28.1. The summed E-state index contributed by atoms with van der Waals surface area (Å²) in [4.78, 5) is 37.4. The number of hydrogen-bond donors (Lipinski definition) is 2. The minimum absolute atomic E-state index is 0.00236. The number of carboxylic acids is 1. The number of allylic oxidation sites excluding steroid dienone is 2. The molecule has 4 rings (SSSR count). The topological polar surface area (TPSA) is 101 Å². The second-order valence-corrected chi connectivity index (χ2v) is 13.4. The van der Waals surface area contributed by atoms with E-state index < -0.39 is 24.1 Å². The molecule has 4 saturated carbocycles. The van der Waals surface area contributed by atoms with Crippen LogP contribution in [-0.2, 0) is 19.1 Å². The molecule has 37 heavy (non-hydrogen) atoms. The van der Waals surface area contributed by atoms with E-state index in [0.717, 1.165) is 24.8 Å². The number of carboxylic acid groups (broad SMARTS) is 1. The van der Waals surface area contributed by atoms with Gasteiger partial charge in [-0.2, -0.15) is 0 Å².